The van der Waals surface area contributed by atoms with E-state index in [0.29, 0.717) is 0 Å². The first-order valence-electron chi connectivity index (χ1n) is 0.312. The Kier molecular flexibility index (Phi) is 619. The lowest BCUT2D eigenvalue weighted by Crippen LogP contribution is -0.913. The minimum Gasteiger partial charge on any atom is -0.412 e. The first-order valence-corrected chi connectivity index (χ1v) is 1.79. The van der Waals surface area contributed by atoms with E-state index < -0.39 is 0 Å². The molecular formula is H4Cl4O2. The van der Waals surface area contributed by atoms with E-state index >= 15 is 0 Å². The standard InChI is InChI=1S/Cl2.ClHO.ClH.H2O/c2*1-2;;/h;2H;1H;1H2. The van der Waals surface area contributed by atoms with E-state index in [9.17, 15) is 0 Å². The van der Waals surface area contributed by atoms with Crippen molar-refractivity contribution in [2.45, 2.75) is 0 Å². The Bertz CT molecular complexity index is 5.51. The number of rotatable bonds is 0. The topological polar surface area (TPSA) is 51.7 Å². The zero-order valence-electron chi connectivity index (χ0n) is 2.49. The third kappa shape index (κ3) is 72.5. The molecule has 0 fully saturated rings. The Labute approximate surface area is 56.5 Å². The van der Waals surface area contributed by atoms with E-state index in [-0.39, 0.29) is 17.9 Å². The van der Waals surface area contributed by atoms with E-state index in [1.165, 1.54) is 0 Å². The average Bonchev–Trinajstić information content (AvgIpc) is 1.50. The van der Waals surface area contributed by atoms with Gasteiger partial charge < -0.3 is 5.48 Å². The molecule has 0 radical (unpaired) electrons. The molecule has 6 heavy (non-hydrogen) atoms. The van der Waals surface area contributed by atoms with Crippen LogP contribution in [0.25, 0.3) is 0 Å². The lowest BCUT2D eigenvalue weighted by atomic mass is 15.9. The highest BCUT2D eigenvalue weighted by molar-refractivity contribution is 6.85. The largest absolute Gasteiger partial charge is 0.412 e. The monoisotopic (exact) mass is 176 g/mol. The number of hydrogen-bond acceptors (Lipinski definition) is 1. The highest BCUT2D eigenvalue weighted by Gasteiger charge is 1.00. The summed E-state index contributed by atoms with van der Waals surface area (Å²) < 4.78 is 6.47. The van der Waals surface area contributed by atoms with Crippen LogP contribution in [0.1, 0.15) is 0 Å². The van der Waals surface area contributed by atoms with Gasteiger partial charge >= 0.3 is 0 Å². The van der Waals surface area contributed by atoms with Crippen molar-refractivity contribution in [3.8, 4) is 0 Å². The first-order chi connectivity index (χ1) is 2.00. The van der Waals surface area contributed by atoms with Gasteiger partial charge in [-0.3, -0.25) is 4.66 Å². The van der Waals surface area contributed by atoms with E-state index in [4.69, 9.17) is 4.66 Å². The summed E-state index contributed by atoms with van der Waals surface area (Å²) in [7, 11) is 8.22. The Morgan fingerprint density at radius 2 is 1.00 bits per heavy atom. The van der Waals surface area contributed by atoms with Crippen LogP contribution in [0, 0.1) is 0 Å². The summed E-state index contributed by atoms with van der Waals surface area (Å²) in [4.78, 5) is 0. The lowest BCUT2D eigenvalue weighted by Gasteiger charge is -1.13. The van der Waals surface area contributed by atoms with Crippen LogP contribution in [-0.4, -0.2) is 10.1 Å². The maximum atomic E-state index is 6.47. The lowest BCUT2D eigenvalue weighted by molar-refractivity contribution is 0.632. The molecule has 0 aromatic rings. The third-order valence-corrected chi connectivity index (χ3v) is 0. The molecule has 0 aliphatic heterocycles. The van der Waals surface area contributed by atoms with Gasteiger partial charge in [-0.05, 0) is 0 Å². The second-order valence-corrected chi connectivity index (χ2v) is 0. The van der Waals surface area contributed by atoms with Crippen LogP contribution in [0.5, 0.6) is 0 Å². The molecule has 3 N–H and O–H groups in total. The minimum absolute atomic E-state index is 0. The average molecular weight is 178 g/mol. The SMILES string of the molecule is Cl.ClCl.O.OCl. The van der Waals surface area contributed by atoms with E-state index in [1.54, 1.807) is 0 Å². The summed E-state index contributed by atoms with van der Waals surface area (Å²) >= 11 is 3.64. The molecule has 0 amide bonds. The summed E-state index contributed by atoms with van der Waals surface area (Å²) in [6, 6.07) is 0. The third-order valence-electron chi connectivity index (χ3n) is 0. The van der Waals surface area contributed by atoms with Crippen molar-refractivity contribution >= 4 is 46.0 Å². The van der Waals surface area contributed by atoms with Gasteiger partial charge in [0.2, 0.25) is 0 Å². The Balaban J connectivity index is -0.00000000500. The highest BCUT2D eigenvalue weighted by Crippen LogP contribution is 1.69. The van der Waals surface area contributed by atoms with Gasteiger partial charge in [-0.2, -0.15) is 0 Å². The van der Waals surface area contributed by atoms with Crippen LogP contribution in [0.2, 0.25) is 0 Å². The zero-order chi connectivity index (χ0) is 4.00. The van der Waals surface area contributed by atoms with Crippen molar-refractivity contribution in [1.82, 2.24) is 0 Å². The van der Waals surface area contributed by atoms with Crippen LogP contribution in [0.15, 0.2) is 0 Å². The fraction of sp³-hybridized carbons (Fsp3) is 0. The molecule has 0 aliphatic rings. The highest BCUT2D eigenvalue weighted by atomic mass is 36.5. The molecule has 44 valence electrons. The maximum Gasteiger partial charge on any atom is 0.0579 e. The molecule has 0 aromatic heterocycles. The molecule has 0 saturated carbocycles. The van der Waals surface area contributed by atoms with Gasteiger partial charge in [0.05, 0.1) is 11.9 Å². The Morgan fingerprint density at radius 1 is 1.00 bits per heavy atom. The van der Waals surface area contributed by atoms with Crippen molar-refractivity contribution in [1.29, 1.82) is 0 Å². The summed E-state index contributed by atoms with van der Waals surface area (Å²) in [5.41, 5.74) is 0. The number of halogens is 4. The van der Waals surface area contributed by atoms with Crippen LogP contribution in [0.3, 0.4) is 0 Å². The fourth-order valence-electron chi connectivity index (χ4n) is 0. The molecular weight excluding hydrogens is 174 g/mol. The second-order valence-electron chi connectivity index (χ2n) is 0. The normalized spacial score (nSPS) is 2.00. The van der Waals surface area contributed by atoms with Gasteiger partial charge in [0, 0.05) is 21.7 Å². The molecule has 0 atom stereocenters. The smallest absolute Gasteiger partial charge is 0.0579 e. The van der Waals surface area contributed by atoms with Crippen LogP contribution in [0.4, 0.5) is 0 Å². The fourth-order valence-corrected chi connectivity index (χ4v) is 0. The molecule has 6 heteroatoms. The second kappa shape index (κ2) is 135. The van der Waals surface area contributed by atoms with Crippen molar-refractivity contribution in [3.63, 3.8) is 0 Å². The zero-order valence-corrected chi connectivity index (χ0v) is 5.57. The quantitative estimate of drug-likeness (QED) is 0.593. The van der Waals surface area contributed by atoms with E-state index in [1.807, 2.05) is 0 Å². The van der Waals surface area contributed by atoms with Crippen molar-refractivity contribution in [3.05, 3.63) is 0 Å². The predicted molar refractivity (Wildman–Crippen MR) is 30.6 cm³/mol. The molecule has 0 aliphatic carbocycles. The van der Waals surface area contributed by atoms with Crippen LogP contribution in [-0.2, 0) is 0 Å². The molecule has 0 unspecified atom stereocenters. The van der Waals surface area contributed by atoms with Crippen LogP contribution < -0.4 is 0 Å². The molecule has 0 saturated heterocycles. The molecule has 2 nitrogen and oxygen atoms in total. The molecule has 0 heterocycles. The molecule has 0 rings (SSSR count). The molecule has 0 bridgehead atoms. The van der Waals surface area contributed by atoms with Gasteiger partial charge in [-0.1, -0.05) is 0 Å². The van der Waals surface area contributed by atoms with E-state index in [2.05, 4.69) is 33.6 Å². The van der Waals surface area contributed by atoms with Gasteiger partial charge in [0.15, 0.2) is 0 Å². The van der Waals surface area contributed by atoms with Gasteiger partial charge in [0.25, 0.3) is 0 Å². The summed E-state index contributed by atoms with van der Waals surface area (Å²) in [6.45, 7) is 0. The van der Waals surface area contributed by atoms with Crippen molar-refractivity contribution < 1.29 is 10.1 Å². The van der Waals surface area contributed by atoms with Crippen molar-refractivity contribution in [2.75, 3.05) is 0 Å². The predicted octanol–water partition coefficient (Wildman–Crippen LogP) is 1.11. The van der Waals surface area contributed by atoms with E-state index in [0.717, 1.165) is 0 Å². The summed E-state index contributed by atoms with van der Waals surface area (Å²) in [5, 5.41) is 0. The first kappa shape index (κ1) is 27.6. The Hall–Kier alpha value is 1.08. The summed E-state index contributed by atoms with van der Waals surface area (Å²) in [5.74, 6) is 0. The van der Waals surface area contributed by atoms with Gasteiger partial charge in [-0.25, -0.2) is 0 Å². The molecule has 0 spiro atoms. The van der Waals surface area contributed by atoms with Crippen molar-refractivity contribution in [2.24, 2.45) is 0 Å². The van der Waals surface area contributed by atoms with Gasteiger partial charge in [0.1, 0.15) is 0 Å². The summed E-state index contributed by atoms with van der Waals surface area (Å²) in [6.07, 6.45) is 0. The minimum atomic E-state index is 0. The number of hydrogen-bond donors (Lipinski definition) is 1. The van der Waals surface area contributed by atoms with Gasteiger partial charge in [-0.15, -0.1) is 12.4 Å². The maximum absolute atomic E-state index is 6.47. The molecule has 0 aromatic carbocycles. The van der Waals surface area contributed by atoms with Crippen LogP contribution >= 0.6 is 46.0 Å². The Morgan fingerprint density at radius 3 is 1.00 bits per heavy atom.